The van der Waals surface area contributed by atoms with Crippen molar-refractivity contribution in [3.63, 3.8) is 0 Å². The fraction of sp³-hybridized carbons (Fsp3) is 0.591. The van der Waals surface area contributed by atoms with Crippen LogP contribution in [0.4, 0.5) is 0 Å². The Balaban J connectivity index is 4.49. The highest BCUT2D eigenvalue weighted by Gasteiger charge is 2.17. The van der Waals surface area contributed by atoms with Gasteiger partial charge in [0.05, 0.1) is 32.5 Å². The zero-order chi connectivity index (χ0) is 25.1. The van der Waals surface area contributed by atoms with Gasteiger partial charge in [0.25, 0.3) is 0 Å². The zero-order valence-corrected chi connectivity index (χ0v) is 18.6. The van der Waals surface area contributed by atoms with Crippen LogP contribution in [-0.2, 0) is 38.1 Å². The number of hydrogen-bond acceptors (Lipinski definition) is 11. The van der Waals surface area contributed by atoms with Crippen molar-refractivity contribution in [1.82, 2.24) is 0 Å². The third kappa shape index (κ3) is 17.6. The first kappa shape index (κ1) is 30.4. The summed E-state index contributed by atoms with van der Waals surface area (Å²) in [7, 11) is 0. The first-order valence-corrected chi connectivity index (χ1v) is 10.3. The lowest BCUT2D eigenvalue weighted by atomic mass is 10.0. The number of aliphatic hydroxyl groups is 3. The molecule has 0 aromatic carbocycles. The van der Waals surface area contributed by atoms with Crippen LogP contribution in [0.5, 0.6) is 0 Å². The van der Waals surface area contributed by atoms with E-state index in [9.17, 15) is 29.7 Å². The summed E-state index contributed by atoms with van der Waals surface area (Å²) >= 11 is 0. The first-order valence-electron chi connectivity index (χ1n) is 10.3. The summed E-state index contributed by atoms with van der Waals surface area (Å²) in [5.41, 5.74) is 0. The van der Waals surface area contributed by atoms with E-state index in [4.69, 9.17) is 23.7 Å². The predicted molar refractivity (Wildman–Crippen MR) is 116 cm³/mol. The average Bonchev–Trinajstić information content (AvgIpc) is 2.81. The number of carbonyl (C=O) groups is 3. The minimum absolute atomic E-state index is 0.111. The van der Waals surface area contributed by atoms with Gasteiger partial charge in [0.2, 0.25) is 0 Å². The highest BCUT2D eigenvalue weighted by molar-refractivity contribution is 5.81. The van der Waals surface area contributed by atoms with Gasteiger partial charge in [0.15, 0.2) is 0 Å². The molecule has 0 saturated heterocycles. The van der Waals surface area contributed by atoms with Gasteiger partial charge in [0.1, 0.15) is 32.0 Å². The SMILES string of the molecule is C=CC(=O)OCC(O)CCC(COCC(O)COC(=O)C=C)COCC(O)COC(=O)C=C. The second kappa shape index (κ2) is 18.9. The van der Waals surface area contributed by atoms with Crippen LogP contribution in [0.15, 0.2) is 38.0 Å². The summed E-state index contributed by atoms with van der Waals surface area (Å²) in [6.45, 7) is 9.11. The minimum atomic E-state index is -1.04. The van der Waals surface area contributed by atoms with Gasteiger partial charge in [0, 0.05) is 24.1 Å². The molecule has 33 heavy (non-hydrogen) atoms. The van der Waals surface area contributed by atoms with E-state index in [2.05, 4.69) is 19.7 Å². The number of aliphatic hydroxyl groups excluding tert-OH is 3. The standard InChI is InChI=1S/C22H34O11/c1-4-20(26)31-13-17(23)8-7-16(9-29-11-18(24)14-32-21(27)5-2)10-30-12-19(25)15-33-22(28)6-3/h4-6,16-19,23-25H,1-3,7-15H2. The van der Waals surface area contributed by atoms with Crippen molar-refractivity contribution in [2.24, 2.45) is 5.92 Å². The second-order valence-corrected chi connectivity index (χ2v) is 6.98. The van der Waals surface area contributed by atoms with Crippen LogP contribution in [-0.4, -0.2) is 97.8 Å². The van der Waals surface area contributed by atoms with E-state index in [-0.39, 0.29) is 58.6 Å². The molecule has 0 aromatic heterocycles. The van der Waals surface area contributed by atoms with Gasteiger partial charge in [-0.15, -0.1) is 0 Å². The lowest BCUT2D eigenvalue weighted by Crippen LogP contribution is -2.28. The van der Waals surface area contributed by atoms with Crippen LogP contribution in [0.1, 0.15) is 12.8 Å². The third-order valence-electron chi connectivity index (χ3n) is 3.99. The van der Waals surface area contributed by atoms with Crippen molar-refractivity contribution in [2.45, 2.75) is 31.2 Å². The molecule has 0 spiro atoms. The van der Waals surface area contributed by atoms with Crippen molar-refractivity contribution < 1.29 is 53.4 Å². The molecule has 0 radical (unpaired) electrons. The smallest absolute Gasteiger partial charge is 0.330 e. The Morgan fingerprint density at radius 1 is 0.576 bits per heavy atom. The highest BCUT2D eigenvalue weighted by atomic mass is 16.6. The van der Waals surface area contributed by atoms with E-state index in [1.54, 1.807) is 0 Å². The number of esters is 3. The molecule has 188 valence electrons. The largest absolute Gasteiger partial charge is 0.460 e. The molecular formula is C22H34O11. The predicted octanol–water partition coefficient (Wildman–Crippen LogP) is -0.314. The lowest BCUT2D eigenvalue weighted by Gasteiger charge is -2.21. The Morgan fingerprint density at radius 2 is 0.939 bits per heavy atom. The van der Waals surface area contributed by atoms with Gasteiger partial charge in [-0.3, -0.25) is 0 Å². The van der Waals surface area contributed by atoms with Crippen molar-refractivity contribution in [1.29, 1.82) is 0 Å². The van der Waals surface area contributed by atoms with Crippen LogP contribution in [0.3, 0.4) is 0 Å². The quantitative estimate of drug-likeness (QED) is 0.121. The summed E-state index contributed by atoms with van der Waals surface area (Å²) in [6, 6.07) is 0. The van der Waals surface area contributed by atoms with Crippen LogP contribution in [0.25, 0.3) is 0 Å². The molecule has 0 aliphatic rings. The van der Waals surface area contributed by atoms with Gasteiger partial charge >= 0.3 is 17.9 Å². The summed E-state index contributed by atoms with van der Waals surface area (Å²) in [5, 5.41) is 29.6. The summed E-state index contributed by atoms with van der Waals surface area (Å²) in [5.74, 6) is -2.22. The minimum Gasteiger partial charge on any atom is -0.460 e. The zero-order valence-electron chi connectivity index (χ0n) is 18.6. The van der Waals surface area contributed by atoms with E-state index in [1.165, 1.54) is 0 Å². The lowest BCUT2D eigenvalue weighted by molar-refractivity contribution is -0.142. The monoisotopic (exact) mass is 474 g/mol. The summed E-state index contributed by atoms with van der Waals surface area (Å²) in [6.07, 6.45) is 0.630. The molecule has 0 aliphatic heterocycles. The highest BCUT2D eigenvalue weighted by Crippen LogP contribution is 2.12. The Hall–Kier alpha value is -2.57. The third-order valence-corrected chi connectivity index (χ3v) is 3.99. The fourth-order valence-corrected chi connectivity index (χ4v) is 2.28. The van der Waals surface area contributed by atoms with E-state index in [0.29, 0.717) is 6.42 Å². The second-order valence-electron chi connectivity index (χ2n) is 6.98. The molecule has 0 heterocycles. The Bertz CT molecular complexity index is 583. The number of carbonyl (C=O) groups excluding carboxylic acids is 3. The van der Waals surface area contributed by atoms with Crippen LogP contribution < -0.4 is 0 Å². The van der Waals surface area contributed by atoms with E-state index >= 15 is 0 Å². The molecule has 3 atom stereocenters. The Labute approximate surface area is 193 Å². The Kier molecular flexibility index (Phi) is 17.5. The molecule has 0 bridgehead atoms. The molecule has 0 saturated carbocycles. The van der Waals surface area contributed by atoms with Gasteiger partial charge in [-0.1, -0.05) is 19.7 Å². The van der Waals surface area contributed by atoms with Crippen molar-refractivity contribution in [3.8, 4) is 0 Å². The molecule has 11 heteroatoms. The molecule has 0 fully saturated rings. The van der Waals surface area contributed by atoms with Crippen LogP contribution in [0, 0.1) is 5.92 Å². The molecular weight excluding hydrogens is 440 g/mol. The Morgan fingerprint density at radius 3 is 1.30 bits per heavy atom. The fourth-order valence-electron chi connectivity index (χ4n) is 2.28. The van der Waals surface area contributed by atoms with E-state index < -0.39 is 36.2 Å². The average molecular weight is 475 g/mol. The number of rotatable bonds is 20. The van der Waals surface area contributed by atoms with Crippen molar-refractivity contribution in [3.05, 3.63) is 38.0 Å². The van der Waals surface area contributed by atoms with Gasteiger partial charge < -0.3 is 39.0 Å². The summed E-state index contributed by atoms with van der Waals surface area (Å²) < 4.78 is 25.1. The molecule has 3 unspecified atom stereocenters. The van der Waals surface area contributed by atoms with Crippen LogP contribution in [0.2, 0.25) is 0 Å². The number of hydrogen-bond donors (Lipinski definition) is 3. The molecule has 0 aliphatic carbocycles. The molecule has 0 amide bonds. The molecule has 11 nitrogen and oxygen atoms in total. The van der Waals surface area contributed by atoms with Gasteiger partial charge in [-0.25, -0.2) is 14.4 Å². The maximum Gasteiger partial charge on any atom is 0.330 e. The van der Waals surface area contributed by atoms with Gasteiger partial charge in [-0.2, -0.15) is 0 Å². The maximum atomic E-state index is 11.1. The molecule has 0 rings (SSSR count). The molecule has 3 N–H and O–H groups in total. The first-order chi connectivity index (χ1) is 15.7. The van der Waals surface area contributed by atoms with Gasteiger partial charge in [-0.05, 0) is 12.8 Å². The van der Waals surface area contributed by atoms with Crippen molar-refractivity contribution >= 4 is 17.9 Å². The topological polar surface area (TPSA) is 158 Å². The van der Waals surface area contributed by atoms with E-state index in [0.717, 1.165) is 18.2 Å². The van der Waals surface area contributed by atoms with E-state index in [1.807, 2.05) is 0 Å². The normalized spacial score (nSPS) is 14.3. The maximum absolute atomic E-state index is 11.1. The van der Waals surface area contributed by atoms with Crippen LogP contribution >= 0.6 is 0 Å². The number of ether oxygens (including phenoxy) is 5. The van der Waals surface area contributed by atoms with Crippen molar-refractivity contribution in [2.75, 3.05) is 46.2 Å². The molecule has 0 aromatic rings. The summed E-state index contributed by atoms with van der Waals surface area (Å²) in [4.78, 5) is 33.1.